The summed E-state index contributed by atoms with van der Waals surface area (Å²) in [5, 5.41) is 11.1. The van der Waals surface area contributed by atoms with E-state index < -0.39 is 17.7 Å². The van der Waals surface area contributed by atoms with Gasteiger partial charge in [-0.25, -0.2) is 4.98 Å². The zero-order chi connectivity index (χ0) is 22.7. The van der Waals surface area contributed by atoms with E-state index in [1.54, 1.807) is 41.7 Å². The van der Waals surface area contributed by atoms with Gasteiger partial charge in [-0.3, -0.25) is 9.59 Å². The van der Waals surface area contributed by atoms with Gasteiger partial charge in [0, 0.05) is 31.0 Å². The molecule has 0 bridgehead atoms. The number of carbonyl (C=O) groups is 2. The normalized spacial score (nSPS) is 17.7. The van der Waals surface area contributed by atoms with Crippen LogP contribution < -0.4 is 4.74 Å². The van der Waals surface area contributed by atoms with Gasteiger partial charge in [-0.1, -0.05) is 42.0 Å². The second-order valence-corrected chi connectivity index (χ2v) is 7.79. The first kappa shape index (κ1) is 21.4. The number of ketones is 1. The quantitative estimate of drug-likeness (QED) is 0.350. The van der Waals surface area contributed by atoms with Gasteiger partial charge in [0.15, 0.2) is 0 Å². The lowest BCUT2D eigenvalue weighted by Crippen LogP contribution is -2.31. The predicted octanol–water partition coefficient (Wildman–Crippen LogP) is 3.71. The van der Waals surface area contributed by atoms with Crippen LogP contribution in [0, 0.1) is 6.92 Å². The molecule has 0 radical (unpaired) electrons. The number of likely N-dealkylation sites (tertiary alicyclic amines) is 1. The Bertz CT molecular complexity index is 1150. The van der Waals surface area contributed by atoms with Crippen molar-refractivity contribution in [2.24, 2.45) is 0 Å². The lowest BCUT2D eigenvalue weighted by atomic mass is 9.94. The molecule has 1 aromatic heterocycles. The maximum absolute atomic E-state index is 13.1. The number of aliphatic hydroxyl groups excluding tert-OH is 1. The first-order valence-electron chi connectivity index (χ1n) is 10.4. The van der Waals surface area contributed by atoms with E-state index in [-0.39, 0.29) is 11.3 Å². The van der Waals surface area contributed by atoms with E-state index in [1.165, 1.54) is 7.11 Å². The lowest BCUT2D eigenvalue weighted by Gasteiger charge is -2.25. The molecule has 7 nitrogen and oxygen atoms in total. The van der Waals surface area contributed by atoms with E-state index in [2.05, 4.69) is 4.98 Å². The van der Waals surface area contributed by atoms with Crippen molar-refractivity contribution in [1.82, 2.24) is 14.5 Å². The van der Waals surface area contributed by atoms with Crippen molar-refractivity contribution in [2.45, 2.75) is 25.9 Å². The maximum atomic E-state index is 13.1. The summed E-state index contributed by atoms with van der Waals surface area (Å²) >= 11 is 0. The van der Waals surface area contributed by atoms with Gasteiger partial charge in [-0.15, -0.1) is 0 Å². The number of benzene rings is 2. The lowest BCUT2D eigenvalue weighted by molar-refractivity contribution is -0.139. The van der Waals surface area contributed by atoms with Crippen molar-refractivity contribution in [3.63, 3.8) is 0 Å². The predicted molar refractivity (Wildman–Crippen MR) is 120 cm³/mol. The van der Waals surface area contributed by atoms with Crippen molar-refractivity contribution in [3.05, 3.63) is 89.5 Å². The minimum Gasteiger partial charge on any atom is -0.507 e. The van der Waals surface area contributed by atoms with Crippen LogP contribution in [-0.2, 0) is 16.1 Å². The second-order valence-electron chi connectivity index (χ2n) is 7.79. The highest BCUT2D eigenvalue weighted by Gasteiger charge is 2.45. The van der Waals surface area contributed by atoms with Crippen molar-refractivity contribution >= 4 is 17.4 Å². The van der Waals surface area contributed by atoms with Crippen LogP contribution >= 0.6 is 0 Å². The summed E-state index contributed by atoms with van der Waals surface area (Å²) in [6.45, 7) is 3.01. The standard InChI is InChI=1S/C25H25N3O4/c1-17-7-9-18(10-8-17)22-21(23(29)19-5-3-6-20(15-19)32-2)24(30)25(31)28(22)13-4-12-27-14-11-26-16-27/h3,5-11,14-16,22,29H,4,12-13H2,1-2H3/b23-21+/t22-/m1/s1. The van der Waals surface area contributed by atoms with Crippen LogP contribution in [0.15, 0.2) is 72.8 Å². The summed E-state index contributed by atoms with van der Waals surface area (Å²) in [6.07, 6.45) is 5.92. The largest absolute Gasteiger partial charge is 0.507 e. The molecule has 1 atom stereocenters. The topological polar surface area (TPSA) is 84.7 Å². The van der Waals surface area contributed by atoms with Gasteiger partial charge < -0.3 is 19.3 Å². The van der Waals surface area contributed by atoms with E-state index in [0.29, 0.717) is 30.8 Å². The number of aliphatic hydroxyl groups is 1. The number of aromatic nitrogens is 2. The Morgan fingerprint density at radius 3 is 2.59 bits per heavy atom. The fourth-order valence-electron chi connectivity index (χ4n) is 3.97. The molecule has 2 heterocycles. The fraction of sp³-hybridized carbons (Fsp3) is 0.240. The van der Waals surface area contributed by atoms with E-state index >= 15 is 0 Å². The molecule has 1 aliphatic heterocycles. The molecule has 32 heavy (non-hydrogen) atoms. The van der Waals surface area contributed by atoms with E-state index in [0.717, 1.165) is 11.1 Å². The van der Waals surface area contributed by atoms with Crippen LogP contribution in [0.5, 0.6) is 5.75 Å². The number of carbonyl (C=O) groups excluding carboxylic acids is 2. The minimum absolute atomic E-state index is 0.0923. The highest BCUT2D eigenvalue weighted by Crippen LogP contribution is 2.39. The van der Waals surface area contributed by atoms with Gasteiger partial charge >= 0.3 is 0 Å². The number of nitrogens with zero attached hydrogens (tertiary/aromatic N) is 3. The van der Waals surface area contributed by atoms with Gasteiger partial charge in [-0.2, -0.15) is 0 Å². The third-order valence-electron chi connectivity index (χ3n) is 5.65. The second kappa shape index (κ2) is 9.09. The smallest absolute Gasteiger partial charge is 0.295 e. The highest BCUT2D eigenvalue weighted by molar-refractivity contribution is 6.46. The Labute approximate surface area is 186 Å². The van der Waals surface area contributed by atoms with Crippen molar-refractivity contribution in [2.75, 3.05) is 13.7 Å². The number of hydrogen-bond acceptors (Lipinski definition) is 5. The summed E-state index contributed by atoms with van der Waals surface area (Å²) in [5.41, 5.74) is 2.37. The van der Waals surface area contributed by atoms with Gasteiger partial charge in [0.2, 0.25) is 0 Å². The SMILES string of the molecule is COc1cccc(/C(O)=C2\C(=O)C(=O)N(CCCn3ccnc3)[C@@H]2c2ccc(C)cc2)c1. The molecule has 1 aliphatic rings. The third-order valence-corrected chi connectivity index (χ3v) is 5.65. The molecule has 1 N–H and O–H groups in total. The monoisotopic (exact) mass is 431 g/mol. The molecule has 164 valence electrons. The average Bonchev–Trinajstić information content (AvgIpc) is 3.41. The Morgan fingerprint density at radius 2 is 1.91 bits per heavy atom. The Kier molecular flexibility index (Phi) is 6.07. The first-order valence-corrected chi connectivity index (χ1v) is 10.4. The molecule has 1 amide bonds. The Hall–Kier alpha value is -3.87. The van der Waals surface area contributed by atoms with Crippen molar-refractivity contribution in [1.29, 1.82) is 0 Å². The first-order chi connectivity index (χ1) is 15.5. The molecule has 0 spiro atoms. The van der Waals surface area contributed by atoms with E-state index in [1.807, 2.05) is 42.0 Å². The third kappa shape index (κ3) is 4.14. The van der Waals surface area contributed by atoms with Gasteiger partial charge in [0.1, 0.15) is 11.5 Å². The van der Waals surface area contributed by atoms with Crippen LogP contribution in [0.25, 0.3) is 5.76 Å². The van der Waals surface area contributed by atoms with E-state index in [9.17, 15) is 14.7 Å². The molecule has 3 aromatic rings. The van der Waals surface area contributed by atoms with Crippen molar-refractivity contribution in [3.8, 4) is 5.75 Å². The number of imidazole rings is 1. The summed E-state index contributed by atoms with van der Waals surface area (Å²) < 4.78 is 7.17. The molecule has 7 heteroatoms. The van der Waals surface area contributed by atoms with Crippen LogP contribution in [0.2, 0.25) is 0 Å². The van der Waals surface area contributed by atoms with Crippen LogP contribution in [0.1, 0.15) is 29.2 Å². The number of aryl methyl sites for hydroxylation is 2. The Balaban J connectivity index is 1.73. The summed E-state index contributed by atoms with van der Waals surface area (Å²) in [6, 6.07) is 13.8. The zero-order valence-corrected chi connectivity index (χ0v) is 18.1. The molecule has 1 fully saturated rings. The van der Waals surface area contributed by atoms with Gasteiger partial charge in [0.25, 0.3) is 11.7 Å². The number of methoxy groups -OCH3 is 1. The van der Waals surface area contributed by atoms with Gasteiger partial charge in [0.05, 0.1) is 25.1 Å². The Morgan fingerprint density at radius 1 is 1.12 bits per heavy atom. The number of amides is 1. The number of Topliss-reactive ketones (excluding diaryl/α,β-unsaturated/α-hetero) is 1. The number of rotatable bonds is 7. The van der Waals surface area contributed by atoms with Crippen LogP contribution in [-0.4, -0.2) is 44.9 Å². The minimum atomic E-state index is -0.682. The molecular formula is C25H25N3O4. The summed E-state index contributed by atoms with van der Waals surface area (Å²) in [4.78, 5) is 31.7. The zero-order valence-electron chi connectivity index (χ0n) is 18.1. The molecule has 1 saturated heterocycles. The number of ether oxygens (including phenoxy) is 1. The molecular weight excluding hydrogens is 406 g/mol. The number of hydrogen-bond donors (Lipinski definition) is 1. The molecule has 0 unspecified atom stereocenters. The van der Waals surface area contributed by atoms with Crippen LogP contribution in [0.4, 0.5) is 0 Å². The summed E-state index contributed by atoms with van der Waals surface area (Å²) in [7, 11) is 1.53. The molecule has 0 saturated carbocycles. The van der Waals surface area contributed by atoms with Crippen LogP contribution in [0.3, 0.4) is 0 Å². The molecule has 0 aliphatic carbocycles. The maximum Gasteiger partial charge on any atom is 0.295 e. The molecule has 2 aromatic carbocycles. The van der Waals surface area contributed by atoms with E-state index in [4.69, 9.17) is 4.74 Å². The molecule has 4 rings (SSSR count). The van der Waals surface area contributed by atoms with Gasteiger partial charge in [-0.05, 0) is 31.0 Å². The fourth-order valence-corrected chi connectivity index (χ4v) is 3.97. The average molecular weight is 431 g/mol. The summed E-state index contributed by atoms with van der Waals surface area (Å²) in [5.74, 6) is -0.940. The highest BCUT2D eigenvalue weighted by atomic mass is 16.5. The van der Waals surface area contributed by atoms with Crippen molar-refractivity contribution < 1.29 is 19.4 Å².